The average Bonchev–Trinajstić information content (AvgIpc) is 4.00. The second kappa shape index (κ2) is 16.4. The highest BCUT2D eigenvalue weighted by Gasteiger charge is 2.63. The van der Waals surface area contributed by atoms with Gasteiger partial charge in [0.05, 0.1) is 11.3 Å². The summed E-state index contributed by atoms with van der Waals surface area (Å²) in [5, 5.41) is 6.68. The SMILES string of the molecule is CC1CCC=CC2CC2(C(=O)NS(=O)(=O)C2(C)CC2)NC(=O)C2CC(Oc3nc(OCC(F)F)cc4c(Cl)cccc34)CN2C(=O)C(NC(=O)OC(C)(C)C)C(C)C1. The molecule has 7 atom stereocenters. The molecule has 3 N–H and O–H groups in total. The smallest absolute Gasteiger partial charge is 0.408 e. The minimum atomic E-state index is -4.06. The molecule has 3 fully saturated rings. The fraction of sp³-hybridized carbons (Fsp3) is 0.625. The van der Waals surface area contributed by atoms with E-state index < -0.39 is 92.8 Å². The lowest BCUT2D eigenvalue weighted by atomic mass is 9.88. The van der Waals surface area contributed by atoms with Crippen molar-refractivity contribution in [1.82, 2.24) is 25.2 Å². The number of hydrogen-bond donors (Lipinski definition) is 3. The number of amides is 4. The molecule has 0 spiro atoms. The van der Waals surface area contributed by atoms with E-state index in [9.17, 15) is 36.4 Å². The Morgan fingerprint density at radius 1 is 1.14 bits per heavy atom. The number of carbonyl (C=O) groups excluding carboxylic acids is 4. The van der Waals surface area contributed by atoms with Crippen LogP contribution >= 0.6 is 11.6 Å². The number of ether oxygens (including phenoxy) is 3. The summed E-state index contributed by atoms with van der Waals surface area (Å²) in [5.41, 5.74) is -2.49. The van der Waals surface area contributed by atoms with Crippen LogP contribution in [0.5, 0.6) is 11.8 Å². The number of carbonyl (C=O) groups is 4. The van der Waals surface area contributed by atoms with E-state index in [1.54, 1.807) is 45.9 Å². The van der Waals surface area contributed by atoms with Gasteiger partial charge in [-0.2, -0.15) is 4.98 Å². The molecule has 2 saturated carbocycles. The first-order chi connectivity index (χ1) is 27.1. The molecule has 1 saturated heterocycles. The molecule has 4 amide bonds. The minimum Gasteiger partial charge on any atom is -0.472 e. The Balaban J connectivity index is 1.37. The molecular weight excluding hydrogens is 800 g/mol. The highest BCUT2D eigenvalue weighted by Crippen LogP contribution is 2.48. The molecule has 58 heavy (non-hydrogen) atoms. The Bertz CT molecular complexity index is 2080. The Labute approximate surface area is 342 Å². The summed E-state index contributed by atoms with van der Waals surface area (Å²) in [4.78, 5) is 62.2. The molecule has 18 heteroatoms. The Morgan fingerprint density at radius 2 is 1.86 bits per heavy atom. The van der Waals surface area contributed by atoms with Crippen LogP contribution in [0.25, 0.3) is 10.8 Å². The van der Waals surface area contributed by atoms with Gasteiger partial charge in [0.1, 0.15) is 29.3 Å². The van der Waals surface area contributed by atoms with Gasteiger partial charge in [0.15, 0.2) is 6.61 Å². The van der Waals surface area contributed by atoms with E-state index in [1.165, 1.54) is 11.0 Å². The highest BCUT2D eigenvalue weighted by atomic mass is 35.5. The predicted octanol–water partition coefficient (Wildman–Crippen LogP) is 5.66. The molecule has 7 unspecified atom stereocenters. The first kappa shape index (κ1) is 43.3. The van der Waals surface area contributed by atoms with E-state index in [-0.39, 0.29) is 42.1 Å². The maximum atomic E-state index is 14.8. The van der Waals surface area contributed by atoms with Crippen molar-refractivity contribution in [2.45, 2.75) is 127 Å². The molecule has 14 nitrogen and oxygen atoms in total. The van der Waals surface area contributed by atoms with Crippen LogP contribution in [0.1, 0.15) is 86.5 Å². The first-order valence-electron chi connectivity index (χ1n) is 19.6. The summed E-state index contributed by atoms with van der Waals surface area (Å²) in [6, 6.07) is 3.91. The van der Waals surface area contributed by atoms with Gasteiger partial charge in [-0.25, -0.2) is 22.0 Å². The monoisotopic (exact) mass is 851 g/mol. The number of alkyl carbamates (subject to hydrolysis) is 1. The second-order valence-electron chi connectivity index (χ2n) is 17.4. The molecular formula is C40H52ClF2N5O9S. The zero-order valence-corrected chi connectivity index (χ0v) is 35.1. The van der Waals surface area contributed by atoms with Crippen molar-refractivity contribution in [3.63, 3.8) is 0 Å². The van der Waals surface area contributed by atoms with Crippen molar-refractivity contribution < 1.29 is 50.6 Å². The number of nitrogens with zero attached hydrogens (tertiary/aromatic N) is 2. The highest BCUT2D eigenvalue weighted by molar-refractivity contribution is 7.91. The summed E-state index contributed by atoms with van der Waals surface area (Å²) in [6.45, 7) is 9.38. The predicted molar refractivity (Wildman–Crippen MR) is 211 cm³/mol. The third kappa shape index (κ3) is 9.61. The van der Waals surface area contributed by atoms with Gasteiger partial charge in [-0.3, -0.25) is 19.1 Å². The van der Waals surface area contributed by atoms with Crippen LogP contribution in [0, 0.1) is 17.8 Å². The largest absolute Gasteiger partial charge is 0.472 e. The standard InChI is InChI=1S/C40H52ClF2N5O9S/c1-22-10-7-8-11-24-19-40(24,36(51)47-58(53,54)39(6)14-15-39)46-33(49)29-17-25(20-48(29)35(50)32(23(2)16-22)45-37(52)57-38(3,4)5)56-34-26-12-9-13-28(41)27(26)18-31(44-34)55-21-30(42)43/h8-9,11-13,18,22-25,29-30,32H,7,10,14-17,19-21H2,1-6H3,(H,45,52)(H,46,49)(H,47,51). The number of allylic oxidation sites excluding steroid dienone is 1. The van der Waals surface area contributed by atoms with Gasteiger partial charge < -0.3 is 29.7 Å². The van der Waals surface area contributed by atoms with E-state index in [2.05, 4.69) is 20.3 Å². The third-order valence-electron chi connectivity index (χ3n) is 11.3. The number of aromatic nitrogens is 1. The number of pyridine rings is 1. The lowest BCUT2D eigenvalue weighted by molar-refractivity contribution is -0.142. The molecule has 4 aliphatic rings. The lowest BCUT2D eigenvalue weighted by Gasteiger charge is -2.33. The zero-order valence-electron chi connectivity index (χ0n) is 33.5. The van der Waals surface area contributed by atoms with Gasteiger partial charge in [-0.1, -0.05) is 43.7 Å². The normalized spacial score (nSPS) is 28.7. The molecule has 0 bridgehead atoms. The number of fused-ring (bicyclic) bond motifs is 3. The fourth-order valence-electron chi connectivity index (χ4n) is 7.69. The lowest BCUT2D eigenvalue weighted by Crippen LogP contribution is -2.59. The van der Waals surface area contributed by atoms with Crippen LogP contribution in [0.2, 0.25) is 5.02 Å². The topological polar surface area (TPSA) is 182 Å². The van der Waals surface area contributed by atoms with E-state index >= 15 is 0 Å². The van der Waals surface area contributed by atoms with Crippen LogP contribution < -0.4 is 24.8 Å². The Kier molecular flexibility index (Phi) is 12.3. The molecule has 1 aromatic carbocycles. The van der Waals surface area contributed by atoms with Crippen molar-refractivity contribution in [3.8, 4) is 11.8 Å². The quantitative estimate of drug-likeness (QED) is 0.267. The first-order valence-corrected chi connectivity index (χ1v) is 21.5. The number of benzene rings is 1. The van der Waals surface area contributed by atoms with E-state index in [0.717, 1.165) is 0 Å². The van der Waals surface area contributed by atoms with Crippen molar-refractivity contribution in [2.24, 2.45) is 17.8 Å². The second-order valence-corrected chi connectivity index (χ2v) is 20.0. The third-order valence-corrected chi connectivity index (χ3v) is 13.8. The van der Waals surface area contributed by atoms with E-state index in [4.69, 9.17) is 25.8 Å². The van der Waals surface area contributed by atoms with Crippen molar-refractivity contribution >= 4 is 56.2 Å². The molecule has 1 aromatic heterocycles. The van der Waals surface area contributed by atoms with Crippen LogP contribution in [0.15, 0.2) is 36.4 Å². The van der Waals surface area contributed by atoms with Crippen molar-refractivity contribution in [3.05, 3.63) is 41.4 Å². The van der Waals surface area contributed by atoms with E-state index in [0.29, 0.717) is 42.9 Å². The number of hydrogen-bond acceptors (Lipinski definition) is 10. The molecule has 6 rings (SSSR count). The summed E-state index contributed by atoms with van der Waals surface area (Å²) in [5.74, 6) is -3.28. The summed E-state index contributed by atoms with van der Waals surface area (Å²) < 4.78 is 71.0. The zero-order chi connectivity index (χ0) is 42.4. The molecule has 2 aromatic rings. The van der Waals surface area contributed by atoms with Crippen molar-refractivity contribution in [1.29, 1.82) is 0 Å². The van der Waals surface area contributed by atoms with E-state index in [1.807, 2.05) is 26.0 Å². The summed E-state index contributed by atoms with van der Waals surface area (Å²) >= 11 is 6.48. The van der Waals surface area contributed by atoms with Crippen LogP contribution in [0.3, 0.4) is 0 Å². The van der Waals surface area contributed by atoms with Gasteiger partial charge in [-0.15, -0.1) is 0 Å². The maximum Gasteiger partial charge on any atom is 0.408 e. The van der Waals surface area contributed by atoms with Crippen LogP contribution in [-0.4, -0.2) is 95.8 Å². The number of nitrogens with one attached hydrogen (secondary N) is 3. The van der Waals surface area contributed by atoms with Gasteiger partial charge in [0, 0.05) is 34.2 Å². The Morgan fingerprint density at radius 3 is 2.53 bits per heavy atom. The van der Waals surface area contributed by atoms with Gasteiger partial charge in [0.25, 0.3) is 12.3 Å². The summed E-state index contributed by atoms with van der Waals surface area (Å²) in [7, 11) is -4.06. The number of alkyl halides is 2. The van der Waals surface area contributed by atoms with Crippen LogP contribution in [-0.2, 0) is 29.1 Å². The maximum absolute atomic E-state index is 14.8. The summed E-state index contributed by atoms with van der Waals surface area (Å²) in [6.07, 6.45) is 1.87. The molecule has 3 heterocycles. The molecule has 318 valence electrons. The van der Waals surface area contributed by atoms with Gasteiger partial charge >= 0.3 is 6.09 Å². The number of halogens is 3. The van der Waals surface area contributed by atoms with Crippen molar-refractivity contribution in [2.75, 3.05) is 13.2 Å². The molecule has 0 radical (unpaired) electrons. The van der Waals surface area contributed by atoms with Crippen LogP contribution in [0.4, 0.5) is 13.6 Å². The molecule has 2 aliphatic carbocycles. The number of rotatable bonds is 9. The fourth-order valence-corrected chi connectivity index (χ4v) is 9.23. The minimum absolute atomic E-state index is 0.0440. The van der Waals surface area contributed by atoms with Gasteiger partial charge in [-0.05, 0) is 90.2 Å². The number of sulfonamides is 1. The van der Waals surface area contributed by atoms with Gasteiger partial charge in [0.2, 0.25) is 33.6 Å². The average molecular weight is 852 g/mol. The Hall–Kier alpha value is -4.25. The molecule has 2 aliphatic heterocycles.